The van der Waals surface area contributed by atoms with Gasteiger partial charge in [-0.1, -0.05) is 25.1 Å². The molecule has 0 bridgehead atoms. The van der Waals surface area contributed by atoms with Gasteiger partial charge in [-0.15, -0.1) is 0 Å². The van der Waals surface area contributed by atoms with Crippen LogP contribution in [0.5, 0.6) is 0 Å². The van der Waals surface area contributed by atoms with E-state index in [0.717, 1.165) is 48.4 Å². The van der Waals surface area contributed by atoms with Crippen LogP contribution < -0.4 is 10.5 Å². The summed E-state index contributed by atoms with van der Waals surface area (Å²) in [6.45, 7) is 12.3. The van der Waals surface area contributed by atoms with Crippen molar-refractivity contribution in [1.82, 2.24) is 24.2 Å². The van der Waals surface area contributed by atoms with Crippen molar-refractivity contribution in [3.05, 3.63) is 99.9 Å². The van der Waals surface area contributed by atoms with Gasteiger partial charge >= 0.3 is 0 Å². The molecule has 0 radical (unpaired) electrons. The molecule has 2 fully saturated rings. The van der Waals surface area contributed by atoms with Gasteiger partial charge in [0.1, 0.15) is 5.52 Å². The molecule has 5 heterocycles. The molecule has 3 aromatic heterocycles. The molecule has 216 valence electrons. The maximum absolute atomic E-state index is 13.2. The first-order chi connectivity index (χ1) is 20.4. The smallest absolute Gasteiger partial charge is 0.272 e. The number of piperazine rings is 1. The molecule has 8 nitrogen and oxygen atoms in total. The van der Waals surface area contributed by atoms with Crippen LogP contribution in [0.25, 0.3) is 27.7 Å². The third-order valence-electron chi connectivity index (χ3n) is 9.31. The number of hydrogen-bond acceptors (Lipinski definition) is 5. The molecule has 0 amide bonds. The van der Waals surface area contributed by atoms with Gasteiger partial charge in [-0.3, -0.25) is 9.48 Å². The highest BCUT2D eigenvalue weighted by Crippen LogP contribution is 2.41. The number of ether oxygens (including phenoxy) is 1. The molecule has 1 atom stereocenters. The first-order valence-corrected chi connectivity index (χ1v) is 14.9. The number of aromatic amines is 1. The largest absolute Gasteiger partial charge is 0.377 e. The lowest BCUT2D eigenvalue weighted by atomic mass is 9.85. The summed E-state index contributed by atoms with van der Waals surface area (Å²) in [7, 11) is 2.19. The molecule has 8 heteroatoms. The Kier molecular flexibility index (Phi) is 6.75. The van der Waals surface area contributed by atoms with Crippen LogP contribution in [-0.4, -0.2) is 70.7 Å². The van der Waals surface area contributed by atoms with Crippen molar-refractivity contribution in [1.29, 1.82) is 0 Å². The first kappa shape index (κ1) is 26.7. The van der Waals surface area contributed by atoms with Crippen LogP contribution in [0.15, 0.2) is 72.0 Å². The van der Waals surface area contributed by atoms with E-state index in [4.69, 9.17) is 9.84 Å². The number of anilines is 1. The second-order valence-electron chi connectivity index (χ2n) is 11.9. The van der Waals surface area contributed by atoms with E-state index < -0.39 is 0 Å². The van der Waals surface area contributed by atoms with Crippen LogP contribution >= 0.6 is 0 Å². The number of aromatic nitrogens is 4. The number of fused-ring (bicyclic) bond motifs is 1. The SMILES string of the molecule is Cc1cc(C(C)c2ccc(N3CCN(C)CC3)cc2)c(-n2ccc3cc[nH]c(=O)c32)c(-c2cnn(C3COC3)c2)c1C. The normalized spacial score (nSPS) is 17.1. The Bertz CT molecular complexity index is 1800. The minimum absolute atomic E-state index is 0.0925. The number of H-pyrrole nitrogens is 1. The van der Waals surface area contributed by atoms with Gasteiger partial charge in [-0.2, -0.15) is 5.10 Å². The number of rotatable bonds is 6. The third-order valence-corrected chi connectivity index (χ3v) is 9.31. The summed E-state index contributed by atoms with van der Waals surface area (Å²) in [5.41, 5.74) is 9.85. The van der Waals surface area contributed by atoms with Gasteiger partial charge in [0.2, 0.25) is 0 Å². The highest BCUT2D eigenvalue weighted by molar-refractivity contribution is 5.86. The average Bonchev–Trinajstić information content (AvgIpc) is 3.62. The minimum atomic E-state index is -0.0980. The fraction of sp³-hybridized carbons (Fsp3) is 0.353. The van der Waals surface area contributed by atoms with Crippen LogP contribution in [0.4, 0.5) is 5.69 Å². The molecule has 0 spiro atoms. The molecule has 2 aliphatic heterocycles. The van der Waals surface area contributed by atoms with Crippen molar-refractivity contribution < 1.29 is 4.74 Å². The van der Waals surface area contributed by atoms with E-state index in [1.54, 1.807) is 6.20 Å². The lowest BCUT2D eigenvalue weighted by molar-refractivity contribution is -0.0286. The van der Waals surface area contributed by atoms with Crippen molar-refractivity contribution in [2.45, 2.75) is 32.7 Å². The van der Waals surface area contributed by atoms with Gasteiger partial charge in [0, 0.05) is 72.9 Å². The molecule has 5 aromatic rings. The third kappa shape index (κ3) is 4.55. The Morgan fingerprint density at radius 1 is 1.02 bits per heavy atom. The average molecular weight is 563 g/mol. The number of aryl methyl sites for hydroxylation is 1. The molecular formula is C34H38N6O2. The molecule has 0 saturated carbocycles. The van der Waals surface area contributed by atoms with Crippen molar-refractivity contribution in [3.63, 3.8) is 0 Å². The summed E-state index contributed by atoms with van der Waals surface area (Å²) in [6.07, 6.45) is 7.84. The second kappa shape index (κ2) is 10.6. The highest BCUT2D eigenvalue weighted by Gasteiger charge is 2.26. The maximum atomic E-state index is 13.2. The van der Waals surface area contributed by atoms with Gasteiger partial charge in [-0.25, -0.2) is 0 Å². The van der Waals surface area contributed by atoms with Crippen molar-refractivity contribution in [2.75, 3.05) is 51.3 Å². The van der Waals surface area contributed by atoms with Gasteiger partial charge in [0.05, 0.1) is 31.1 Å². The Hall–Kier alpha value is -4.14. The molecule has 7 rings (SSSR count). The van der Waals surface area contributed by atoms with Crippen molar-refractivity contribution >= 4 is 16.6 Å². The monoisotopic (exact) mass is 562 g/mol. The summed E-state index contributed by atoms with van der Waals surface area (Å²) in [4.78, 5) is 21.0. The predicted molar refractivity (Wildman–Crippen MR) is 168 cm³/mol. The standard InChI is InChI=1S/C34H38N6O2/c1-22-17-30(24(3)25-5-7-28(8-6-25)38-15-13-37(4)14-16-38)33(39-12-10-26-9-11-35-34(41)32(26)39)31(23(22)2)27-18-36-40(19-27)29-20-42-21-29/h5-12,17-19,24,29H,13-16,20-21H2,1-4H3,(H,35,41). The molecule has 2 saturated heterocycles. The summed E-state index contributed by atoms with van der Waals surface area (Å²) in [5.74, 6) is 0.0925. The lowest BCUT2D eigenvalue weighted by Gasteiger charge is -2.34. The van der Waals surface area contributed by atoms with Crippen LogP contribution in [0.2, 0.25) is 0 Å². The van der Waals surface area contributed by atoms with Crippen LogP contribution in [0.3, 0.4) is 0 Å². The van der Waals surface area contributed by atoms with E-state index in [0.29, 0.717) is 18.7 Å². The van der Waals surface area contributed by atoms with Crippen LogP contribution in [0.1, 0.15) is 41.1 Å². The van der Waals surface area contributed by atoms with Crippen molar-refractivity contribution in [2.24, 2.45) is 0 Å². The molecular weight excluding hydrogens is 524 g/mol. The number of pyridine rings is 1. The van der Waals surface area contributed by atoms with Crippen LogP contribution in [-0.2, 0) is 4.74 Å². The Morgan fingerprint density at radius 3 is 2.50 bits per heavy atom. The number of nitrogens with one attached hydrogen (secondary N) is 1. The number of benzene rings is 2. The Labute approximate surface area is 246 Å². The number of nitrogens with zero attached hydrogens (tertiary/aromatic N) is 5. The minimum Gasteiger partial charge on any atom is -0.377 e. The topological polar surface area (TPSA) is 71.3 Å². The fourth-order valence-corrected chi connectivity index (χ4v) is 6.42. The lowest BCUT2D eigenvalue weighted by Crippen LogP contribution is -2.44. The van der Waals surface area contributed by atoms with Gasteiger partial charge in [0.25, 0.3) is 5.56 Å². The van der Waals surface area contributed by atoms with E-state index in [-0.39, 0.29) is 17.5 Å². The van der Waals surface area contributed by atoms with Gasteiger partial charge < -0.3 is 24.1 Å². The highest BCUT2D eigenvalue weighted by atomic mass is 16.5. The van der Waals surface area contributed by atoms with Gasteiger partial charge in [0.15, 0.2) is 0 Å². The fourth-order valence-electron chi connectivity index (χ4n) is 6.42. The molecule has 2 aliphatic rings. The summed E-state index contributed by atoms with van der Waals surface area (Å²) in [5, 5.41) is 5.65. The van der Waals surface area contributed by atoms with E-state index >= 15 is 0 Å². The quantitative estimate of drug-likeness (QED) is 0.305. The number of likely N-dealkylation sites (N-methyl/N-ethyl adjacent to an activating group) is 1. The molecule has 0 aliphatic carbocycles. The zero-order chi connectivity index (χ0) is 29.0. The molecule has 1 unspecified atom stereocenters. The summed E-state index contributed by atoms with van der Waals surface area (Å²) in [6, 6.07) is 15.6. The second-order valence-corrected chi connectivity index (χ2v) is 11.9. The van der Waals surface area contributed by atoms with E-state index in [1.165, 1.54) is 27.9 Å². The van der Waals surface area contributed by atoms with E-state index in [2.05, 4.69) is 83.7 Å². The zero-order valence-electron chi connectivity index (χ0n) is 24.8. The summed E-state index contributed by atoms with van der Waals surface area (Å²) < 4.78 is 9.54. The molecule has 1 N–H and O–H groups in total. The zero-order valence-corrected chi connectivity index (χ0v) is 24.8. The number of hydrogen-bond donors (Lipinski definition) is 1. The molecule has 42 heavy (non-hydrogen) atoms. The van der Waals surface area contributed by atoms with E-state index in [1.807, 2.05) is 29.2 Å². The summed E-state index contributed by atoms with van der Waals surface area (Å²) >= 11 is 0. The van der Waals surface area contributed by atoms with Crippen LogP contribution in [0, 0.1) is 13.8 Å². The predicted octanol–water partition coefficient (Wildman–Crippen LogP) is 5.27. The maximum Gasteiger partial charge on any atom is 0.272 e. The van der Waals surface area contributed by atoms with E-state index in [9.17, 15) is 4.79 Å². The Balaban J connectivity index is 1.38. The van der Waals surface area contributed by atoms with Gasteiger partial charge in [-0.05, 0) is 67.4 Å². The Morgan fingerprint density at radius 2 is 1.79 bits per heavy atom. The first-order valence-electron chi connectivity index (χ1n) is 14.9. The molecule has 2 aromatic carbocycles. The van der Waals surface area contributed by atoms with Crippen molar-refractivity contribution in [3.8, 4) is 16.8 Å².